The van der Waals surface area contributed by atoms with Crippen LogP contribution < -0.4 is 11.3 Å². The molecule has 1 atom stereocenters. The zero-order valence-electron chi connectivity index (χ0n) is 12.5. The second-order valence-corrected chi connectivity index (χ2v) is 5.20. The Bertz CT molecular complexity index is 637. The van der Waals surface area contributed by atoms with Crippen molar-refractivity contribution in [2.45, 2.75) is 32.7 Å². The van der Waals surface area contributed by atoms with Crippen LogP contribution in [0.1, 0.15) is 35.0 Å². The molecule has 1 aromatic heterocycles. The summed E-state index contributed by atoms with van der Waals surface area (Å²) in [7, 11) is 1.90. The smallest absolute Gasteiger partial charge is 0.159 e. The van der Waals surface area contributed by atoms with Gasteiger partial charge in [0.15, 0.2) is 11.6 Å². The molecule has 1 heterocycles. The normalized spacial score (nSPS) is 12.7. The van der Waals surface area contributed by atoms with E-state index in [0.717, 1.165) is 23.9 Å². The molecule has 0 spiro atoms. The minimum atomic E-state index is -0.860. The van der Waals surface area contributed by atoms with Crippen LogP contribution in [0.3, 0.4) is 0 Å². The van der Waals surface area contributed by atoms with Crippen molar-refractivity contribution < 1.29 is 8.78 Å². The molecule has 1 aromatic carbocycles. The Labute approximate surface area is 122 Å². The molecule has 0 radical (unpaired) electrons. The van der Waals surface area contributed by atoms with Gasteiger partial charge in [-0.1, -0.05) is 6.07 Å². The Kier molecular flexibility index (Phi) is 4.69. The molecule has 0 fully saturated rings. The van der Waals surface area contributed by atoms with Gasteiger partial charge in [-0.3, -0.25) is 16.0 Å². The van der Waals surface area contributed by atoms with Crippen molar-refractivity contribution in [1.82, 2.24) is 15.2 Å². The molecule has 114 valence electrons. The Balaban J connectivity index is 2.14. The van der Waals surface area contributed by atoms with E-state index >= 15 is 0 Å². The van der Waals surface area contributed by atoms with Crippen molar-refractivity contribution in [3.05, 3.63) is 52.3 Å². The maximum atomic E-state index is 13.3. The summed E-state index contributed by atoms with van der Waals surface area (Å²) in [4.78, 5) is 0. The number of hydrogen-bond donors (Lipinski definition) is 2. The van der Waals surface area contributed by atoms with Gasteiger partial charge >= 0.3 is 0 Å². The third-order valence-electron chi connectivity index (χ3n) is 3.89. The van der Waals surface area contributed by atoms with Crippen LogP contribution >= 0.6 is 0 Å². The molecule has 0 bridgehead atoms. The standard InChI is InChI=1S/C15H20F2N4/c1-9-12(10(2)21(3)20-9)5-7-15(19-18)11-4-6-13(16)14(17)8-11/h4,6,8,15,19H,5,7,18H2,1-3H3. The van der Waals surface area contributed by atoms with Crippen LogP contribution in [0.4, 0.5) is 8.78 Å². The number of hydrogen-bond acceptors (Lipinski definition) is 3. The van der Waals surface area contributed by atoms with Gasteiger partial charge < -0.3 is 0 Å². The van der Waals surface area contributed by atoms with Gasteiger partial charge in [0.1, 0.15) is 0 Å². The van der Waals surface area contributed by atoms with Crippen LogP contribution in [0, 0.1) is 25.5 Å². The van der Waals surface area contributed by atoms with E-state index in [1.165, 1.54) is 11.6 Å². The van der Waals surface area contributed by atoms with Gasteiger partial charge in [-0.2, -0.15) is 5.10 Å². The van der Waals surface area contributed by atoms with Gasteiger partial charge in [-0.15, -0.1) is 0 Å². The molecule has 21 heavy (non-hydrogen) atoms. The molecular weight excluding hydrogens is 274 g/mol. The highest BCUT2D eigenvalue weighted by atomic mass is 19.2. The predicted octanol–water partition coefficient (Wildman–Crippen LogP) is 2.45. The molecule has 0 aliphatic carbocycles. The first-order valence-electron chi connectivity index (χ1n) is 6.84. The molecule has 2 rings (SSSR count). The predicted molar refractivity (Wildman–Crippen MR) is 77.4 cm³/mol. The SMILES string of the molecule is Cc1nn(C)c(C)c1CCC(NN)c1ccc(F)c(F)c1. The summed E-state index contributed by atoms with van der Waals surface area (Å²) < 4.78 is 28.1. The van der Waals surface area contributed by atoms with Crippen LogP contribution in [-0.4, -0.2) is 9.78 Å². The molecule has 6 heteroatoms. The Morgan fingerprint density at radius 3 is 2.52 bits per heavy atom. The average molecular weight is 294 g/mol. The molecule has 0 aliphatic heterocycles. The second-order valence-electron chi connectivity index (χ2n) is 5.20. The molecule has 2 aromatic rings. The molecular formula is C15H20F2N4. The van der Waals surface area contributed by atoms with Gasteiger partial charge in [-0.25, -0.2) is 8.78 Å². The lowest BCUT2D eigenvalue weighted by atomic mass is 9.98. The molecule has 1 unspecified atom stereocenters. The van der Waals surface area contributed by atoms with Crippen molar-refractivity contribution in [1.29, 1.82) is 0 Å². The Morgan fingerprint density at radius 2 is 2.00 bits per heavy atom. The average Bonchev–Trinajstić information content (AvgIpc) is 2.69. The van der Waals surface area contributed by atoms with Gasteiger partial charge in [0.2, 0.25) is 0 Å². The number of hydrazine groups is 1. The third-order valence-corrected chi connectivity index (χ3v) is 3.89. The summed E-state index contributed by atoms with van der Waals surface area (Å²) in [6, 6.07) is 3.61. The summed E-state index contributed by atoms with van der Waals surface area (Å²) in [5, 5.41) is 4.37. The minimum Gasteiger partial charge on any atom is -0.272 e. The van der Waals surface area contributed by atoms with Crippen molar-refractivity contribution >= 4 is 0 Å². The number of halogens is 2. The van der Waals surface area contributed by atoms with Crippen LogP contribution in [0.25, 0.3) is 0 Å². The molecule has 0 amide bonds. The fourth-order valence-corrected chi connectivity index (χ4v) is 2.54. The van der Waals surface area contributed by atoms with E-state index in [-0.39, 0.29) is 6.04 Å². The fraction of sp³-hybridized carbons (Fsp3) is 0.400. The largest absolute Gasteiger partial charge is 0.272 e. The number of nitrogens with two attached hydrogens (primary N) is 1. The first kappa shape index (κ1) is 15.6. The molecule has 3 N–H and O–H groups in total. The number of aromatic nitrogens is 2. The summed E-state index contributed by atoms with van der Waals surface area (Å²) in [5.74, 6) is 3.84. The Morgan fingerprint density at radius 1 is 1.29 bits per heavy atom. The van der Waals surface area contributed by atoms with Gasteiger partial charge in [0.05, 0.1) is 5.69 Å². The van der Waals surface area contributed by atoms with Gasteiger partial charge in [0.25, 0.3) is 0 Å². The van der Waals surface area contributed by atoms with Crippen molar-refractivity contribution in [3.8, 4) is 0 Å². The molecule has 0 saturated heterocycles. The molecule has 4 nitrogen and oxygen atoms in total. The maximum Gasteiger partial charge on any atom is 0.159 e. The highest BCUT2D eigenvalue weighted by Gasteiger charge is 2.15. The van der Waals surface area contributed by atoms with Gasteiger partial charge in [0, 0.05) is 18.8 Å². The summed E-state index contributed by atoms with van der Waals surface area (Å²) in [6.45, 7) is 3.97. The lowest BCUT2D eigenvalue weighted by molar-refractivity contribution is 0.487. The lowest BCUT2D eigenvalue weighted by Gasteiger charge is -2.16. The fourth-order valence-electron chi connectivity index (χ4n) is 2.54. The monoisotopic (exact) mass is 294 g/mol. The molecule has 0 aliphatic rings. The third kappa shape index (κ3) is 3.28. The van der Waals surface area contributed by atoms with Crippen LogP contribution in [0.15, 0.2) is 18.2 Å². The van der Waals surface area contributed by atoms with E-state index in [4.69, 9.17) is 5.84 Å². The number of rotatable bonds is 5. The van der Waals surface area contributed by atoms with E-state index < -0.39 is 11.6 Å². The number of nitrogens with zero attached hydrogens (tertiary/aromatic N) is 2. The van der Waals surface area contributed by atoms with E-state index in [1.807, 2.05) is 25.6 Å². The van der Waals surface area contributed by atoms with Crippen molar-refractivity contribution in [2.75, 3.05) is 0 Å². The lowest BCUT2D eigenvalue weighted by Crippen LogP contribution is -2.28. The highest BCUT2D eigenvalue weighted by Crippen LogP contribution is 2.22. The zero-order valence-corrected chi connectivity index (χ0v) is 12.5. The number of nitrogens with one attached hydrogen (secondary N) is 1. The zero-order chi connectivity index (χ0) is 15.6. The number of aryl methyl sites for hydroxylation is 2. The van der Waals surface area contributed by atoms with E-state index in [2.05, 4.69) is 10.5 Å². The Hall–Kier alpha value is -1.79. The van der Waals surface area contributed by atoms with Gasteiger partial charge in [-0.05, 0) is 49.9 Å². The van der Waals surface area contributed by atoms with E-state index in [1.54, 1.807) is 6.07 Å². The first-order chi connectivity index (χ1) is 9.93. The van der Waals surface area contributed by atoms with E-state index in [9.17, 15) is 8.78 Å². The second kappa shape index (κ2) is 6.32. The van der Waals surface area contributed by atoms with Crippen molar-refractivity contribution in [3.63, 3.8) is 0 Å². The van der Waals surface area contributed by atoms with E-state index in [0.29, 0.717) is 12.0 Å². The van der Waals surface area contributed by atoms with Crippen LogP contribution in [0.2, 0.25) is 0 Å². The maximum absolute atomic E-state index is 13.3. The first-order valence-corrected chi connectivity index (χ1v) is 6.84. The van der Waals surface area contributed by atoms with Crippen molar-refractivity contribution in [2.24, 2.45) is 12.9 Å². The summed E-state index contributed by atoms with van der Waals surface area (Å²) in [6.07, 6.45) is 1.44. The van der Waals surface area contributed by atoms with Crippen LogP contribution in [-0.2, 0) is 13.5 Å². The quantitative estimate of drug-likeness (QED) is 0.658. The number of benzene rings is 1. The minimum absolute atomic E-state index is 0.237. The molecule has 0 saturated carbocycles. The highest BCUT2D eigenvalue weighted by molar-refractivity contribution is 5.26. The summed E-state index contributed by atoms with van der Waals surface area (Å²) >= 11 is 0. The summed E-state index contributed by atoms with van der Waals surface area (Å²) in [5.41, 5.74) is 6.55. The van der Waals surface area contributed by atoms with Crippen LogP contribution in [0.5, 0.6) is 0 Å². The topological polar surface area (TPSA) is 55.9 Å².